The van der Waals surface area contributed by atoms with E-state index in [0.29, 0.717) is 60.2 Å². The summed E-state index contributed by atoms with van der Waals surface area (Å²) in [5, 5.41) is 10.5. The van der Waals surface area contributed by atoms with Crippen LogP contribution in [0.2, 0.25) is 0 Å². The van der Waals surface area contributed by atoms with E-state index in [1.807, 2.05) is 65.8 Å². The molecule has 3 aromatic carbocycles. The lowest BCUT2D eigenvalue weighted by Gasteiger charge is -2.31. The number of benzene rings is 3. The van der Waals surface area contributed by atoms with Gasteiger partial charge in [-0.05, 0) is 112 Å². The number of anilines is 1. The molecule has 2 aliphatic heterocycles. The normalized spacial score (nSPS) is 15.5. The average molecular weight is 559 g/mol. The Balaban J connectivity index is 1.58. The number of carbonyl (C=O) groups is 1. The van der Waals surface area contributed by atoms with Crippen molar-refractivity contribution in [3.8, 4) is 16.9 Å². The van der Waals surface area contributed by atoms with Crippen molar-refractivity contribution in [2.45, 2.75) is 79.2 Å². The van der Waals surface area contributed by atoms with Gasteiger partial charge in [0.2, 0.25) is 0 Å². The molecule has 0 fully saturated rings. The number of aromatic nitrogens is 1. The smallest absolute Gasteiger partial charge is 0.337 e. The van der Waals surface area contributed by atoms with Crippen LogP contribution in [0.5, 0.6) is 5.75 Å². The SMILES string of the molecule is Cc1c(-c2c(C)c3c(c(C)c2[C@H](OC(C)(C)C)C(=O)O)CN(c2nc4ccccc4o2)C3)cc(F)c2c1CCCO2. The number of halogens is 1. The topological polar surface area (TPSA) is 85.0 Å². The Morgan fingerprint density at radius 2 is 1.78 bits per heavy atom. The van der Waals surface area contributed by atoms with Crippen LogP contribution in [0.1, 0.15) is 72.2 Å². The number of hydrogen-bond donors (Lipinski definition) is 1. The Kier molecular flexibility index (Phi) is 6.57. The van der Waals surface area contributed by atoms with Crippen LogP contribution in [0, 0.1) is 26.6 Å². The van der Waals surface area contributed by atoms with Gasteiger partial charge in [-0.1, -0.05) is 12.1 Å². The Labute approximate surface area is 238 Å². The van der Waals surface area contributed by atoms with Crippen LogP contribution < -0.4 is 9.64 Å². The third-order valence-corrected chi connectivity index (χ3v) is 8.23. The average Bonchev–Trinajstić information content (AvgIpc) is 3.56. The van der Waals surface area contributed by atoms with Crippen LogP contribution >= 0.6 is 0 Å². The van der Waals surface area contributed by atoms with Crippen molar-refractivity contribution < 1.29 is 28.2 Å². The summed E-state index contributed by atoms with van der Waals surface area (Å²) in [4.78, 5) is 19.6. The maximum Gasteiger partial charge on any atom is 0.337 e. The second-order valence-electron chi connectivity index (χ2n) is 12.1. The predicted molar refractivity (Wildman–Crippen MR) is 155 cm³/mol. The summed E-state index contributed by atoms with van der Waals surface area (Å²) in [6.45, 7) is 13.0. The minimum absolute atomic E-state index is 0.303. The molecule has 0 amide bonds. The van der Waals surface area contributed by atoms with Gasteiger partial charge in [0.25, 0.3) is 6.01 Å². The number of fused-ring (bicyclic) bond motifs is 3. The molecule has 0 spiro atoms. The Hall–Kier alpha value is -3.91. The fourth-order valence-corrected chi connectivity index (χ4v) is 6.33. The van der Waals surface area contributed by atoms with E-state index >= 15 is 4.39 Å². The highest BCUT2D eigenvalue weighted by molar-refractivity contribution is 5.86. The zero-order chi connectivity index (χ0) is 29.2. The van der Waals surface area contributed by atoms with Crippen molar-refractivity contribution in [1.82, 2.24) is 4.98 Å². The van der Waals surface area contributed by atoms with Crippen LogP contribution in [0.15, 0.2) is 34.7 Å². The quantitative estimate of drug-likeness (QED) is 0.274. The molecule has 3 heterocycles. The van der Waals surface area contributed by atoms with Gasteiger partial charge in [0.05, 0.1) is 12.2 Å². The zero-order valence-electron chi connectivity index (χ0n) is 24.4. The molecule has 8 heteroatoms. The number of hydrogen-bond acceptors (Lipinski definition) is 6. The van der Waals surface area contributed by atoms with Gasteiger partial charge in [-0.25, -0.2) is 9.18 Å². The van der Waals surface area contributed by atoms with Crippen molar-refractivity contribution in [3.05, 3.63) is 75.1 Å². The third kappa shape index (κ3) is 4.64. The van der Waals surface area contributed by atoms with E-state index in [-0.39, 0.29) is 0 Å². The van der Waals surface area contributed by atoms with E-state index < -0.39 is 23.5 Å². The summed E-state index contributed by atoms with van der Waals surface area (Å²) in [6.07, 6.45) is 0.259. The predicted octanol–water partition coefficient (Wildman–Crippen LogP) is 7.35. The van der Waals surface area contributed by atoms with E-state index in [1.54, 1.807) is 0 Å². The van der Waals surface area contributed by atoms with Crippen LogP contribution in [0.4, 0.5) is 10.4 Å². The van der Waals surface area contributed by atoms with Crippen molar-refractivity contribution in [2.75, 3.05) is 11.5 Å². The number of oxazole rings is 1. The number of carboxylic acid groups (broad SMARTS) is 1. The van der Waals surface area contributed by atoms with Crippen LogP contribution in [0.3, 0.4) is 0 Å². The van der Waals surface area contributed by atoms with E-state index in [4.69, 9.17) is 18.9 Å². The number of nitrogens with zero attached hydrogens (tertiary/aromatic N) is 2. The molecular formula is C33H35FN2O5. The van der Waals surface area contributed by atoms with Crippen molar-refractivity contribution in [1.29, 1.82) is 0 Å². The highest BCUT2D eigenvalue weighted by Crippen LogP contribution is 2.47. The maximum absolute atomic E-state index is 15.5. The lowest BCUT2D eigenvalue weighted by molar-refractivity contribution is -0.160. The van der Waals surface area contributed by atoms with Gasteiger partial charge in [0, 0.05) is 24.2 Å². The molecule has 7 nitrogen and oxygen atoms in total. The third-order valence-electron chi connectivity index (χ3n) is 8.23. The minimum atomic E-state index is -1.25. The Morgan fingerprint density at radius 1 is 1.07 bits per heavy atom. The number of carboxylic acids is 1. The Bertz CT molecular complexity index is 1670. The molecule has 214 valence electrons. The first-order valence-corrected chi connectivity index (χ1v) is 14.1. The summed E-state index contributed by atoms with van der Waals surface area (Å²) < 4.78 is 33.6. The number of rotatable bonds is 5. The van der Waals surface area contributed by atoms with Gasteiger partial charge in [-0.2, -0.15) is 4.98 Å². The monoisotopic (exact) mass is 558 g/mol. The van der Waals surface area contributed by atoms with Crippen LogP contribution in [0.25, 0.3) is 22.2 Å². The molecule has 1 N–H and O–H groups in total. The van der Waals surface area contributed by atoms with Crippen LogP contribution in [-0.2, 0) is 29.0 Å². The molecule has 0 aliphatic carbocycles. The van der Waals surface area contributed by atoms with Gasteiger partial charge in [-0.3, -0.25) is 0 Å². The maximum atomic E-state index is 15.5. The van der Waals surface area contributed by atoms with Crippen molar-refractivity contribution in [2.24, 2.45) is 0 Å². The second-order valence-corrected chi connectivity index (χ2v) is 12.1. The van der Waals surface area contributed by atoms with Crippen molar-refractivity contribution in [3.63, 3.8) is 0 Å². The highest BCUT2D eigenvalue weighted by Gasteiger charge is 2.37. The molecule has 0 unspecified atom stereocenters. The fraction of sp³-hybridized carbons (Fsp3) is 0.394. The van der Waals surface area contributed by atoms with Gasteiger partial charge in [0.1, 0.15) is 5.52 Å². The molecule has 2 aliphatic rings. The molecular weight excluding hydrogens is 523 g/mol. The minimum Gasteiger partial charge on any atom is -0.490 e. The summed E-state index contributed by atoms with van der Waals surface area (Å²) in [5.41, 5.74) is 8.26. The molecule has 41 heavy (non-hydrogen) atoms. The standard InChI is InChI=1S/C33H35FN2O5/c1-17-20-10-9-13-39-29(20)24(34)14-21(17)27-18(2)22-15-36(32-35-25-11-7-8-12-26(25)40-32)16-23(22)19(3)28(27)30(31(37)38)41-33(4,5)6/h7-8,11-12,14,30H,9-10,13,15-16H2,1-6H3,(H,37,38)/t30-/m0/s1. The summed E-state index contributed by atoms with van der Waals surface area (Å²) >= 11 is 0. The molecule has 6 rings (SSSR count). The molecule has 0 bridgehead atoms. The first-order chi connectivity index (χ1) is 19.4. The second kappa shape index (κ2) is 9.87. The lowest BCUT2D eigenvalue weighted by atomic mass is 9.81. The summed E-state index contributed by atoms with van der Waals surface area (Å²) in [6, 6.07) is 9.65. The zero-order valence-corrected chi connectivity index (χ0v) is 24.4. The first-order valence-electron chi connectivity index (χ1n) is 14.1. The van der Waals surface area contributed by atoms with Gasteiger partial charge in [0.15, 0.2) is 23.3 Å². The van der Waals surface area contributed by atoms with Crippen LogP contribution in [-0.4, -0.2) is 28.3 Å². The van der Waals surface area contributed by atoms with Gasteiger partial charge < -0.3 is 23.9 Å². The van der Waals surface area contributed by atoms with E-state index in [2.05, 4.69) is 4.90 Å². The largest absolute Gasteiger partial charge is 0.490 e. The van der Waals surface area contributed by atoms with Crippen molar-refractivity contribution >= 4 is 23.1 Å². The highest BCUT2D eigenvalue weighted by atomic mass is 19.1. The Morgan fingerprint density at radius 3 is 2.46 bits per heavy atom. The number of aliphatic carboxylic acids is 1. The molecule has 4 aromatic rings. The first kappa shape index (κ1) is 27.3. The molecule has 0 saturated heterocycles. The van der Waals surface area contributed by atoms with Gasteiger partial charge in [-0.15, -0.1) is 0 Å². The molecule has 0 saturated carbocycles. The lowest BCUT2D eigenvalue weighted by Crippen LogP contribution is -2.29. The molecule has 0 radical (unpaired) electrons. The van der Waals surface area contributed by atoms with E-state index in [9.17, 15) is 9.90 Å². The summed E-state index contributed by atoms with van der Waals surface area (Å²) in [5.74, 6) is -1.21. The molecule has 1 aromatic heterocycles. The van der Waals surface area contributed by atoms with E-state index in [0.717, 1.165) is 45.3 Å². The number of ether oxygens (including phenoxy) is 2. The fourth-order valence-electron chi connectivity index (χ4n) is 6.33. The summed E-state index contributed by atoms with van der Waals surface area (Å²) in [7, 11) is 0. The number of para-hydroxylation sites is 2. The molecule has 1 atom stereocenters. The van der Waals surface area contributed by atoms with Gasteiger partial charge >= 0.3 is 5.97 Å². The van der Waals surface area contributed by atoms with E-state index in [1.165, 1.54) is 6.07 Å².